The molecule has 6 nitrogen and oxygen atoms in total. The smallest absolute Gasteiger partial charge is 0.265 e. The Kier molecular flexibility index (Phi) is 5.22. The van der Waals surface area contributed by atoms with Crippen molar-refractivity contribution in [1.82, 2.24) is 0 Å². The molecule has 1 aliphatic heterocycles. The van der Waals surface area contributed by atoms with Crippen molar-refractivity contribution in [2.24, 2.45) is 0 Å². The lowest BCUT2D eigenvalue weighted by Crippen LogP contribution is -2.21. The highest BCUT2D eigenvalue weighted by Crippen LogP contribution is 2.34. The number of methoxy groups -OCH3 is 2. The van der Waals surface area contributed by atoms with Crippen molar-refractivity contribution in [1.29, 1.82) is 0 Å². The highest BCUT2D eigenvalue weighted by atomic mass is 32.2. The Morgan fingerprint density at radius 1 is 1.04 bits per heavy atom. The third kappa shape index (κ3) is 3.70. The molecule has 1 saturated heterocycles. The van der Waals surface area contributed by atoms with Crippen molar-refractivity contribution < 1.29 is 22.3 Å². The fourth-order valence-electron chi connectivity index (χ4n) is 3.02. The number of benzene rings is 2. The van der Waals surface area contributed by atoms with Crippen LogP contribution in [0.15, 0.2) is 41.3 Å². The summed E-state index contributed by atoms with van der Waals surface area (Å²) in [7, 11) is -1.11. The lowest BCUT2D eigenvalue weighted by atomic mass is 10.2. The lowest BCUT2D eigenvalue weighted by Gasteiger charge is -2.22. The van der Waals surface area contributed by atoms with Gasteiger partial charge < -0.3 is 14.4 Å². The van der Waals surface area contributed by atoms with Crippen molar-refractivity contribution in [2.75, 3.05) is 36.9 Å². The number of sulfonamides is 1. The first-order chi connectivity index (χ1) is 12.4. The maximum atomic E-state index is 13.8. The zero-order valence-electron chi connectivity index (χ0n) is 14.7. The average Bonchev–Trinajstić information content (AvgIpc) is 3.15. The number of hydrogen-bond donors (Lipinski definition) is 1. The molecule has 0 saturated carbocycles. The van der Waals surface area contributed by atoms with Gasteiger partial charge in [0.2, 0.25) is 0 Å². The van der Waals surface area contributed by atoms with Crippen LogP contribution in [0.4, 0.5) is 15.8 Å². The van der Waals surface area contributed by atoms with Gasteiger partial charge in [-0.2, -0.15) is 0 Å². The van der Waals surface area contributed by atoms with E-state index in [1.807, 2.05) is 4.90 Å². The molecule has 0 spiro atoms. The standard InChI is InChI=1S/C18H21FN2O4S/c1-24-14-6-8-18(17(12-14)25-2)26(22,23)20-15-11-13(19)5-7-16(15)21-9-3-4-10-21/h5-8,11-12,20H,3-4,9-10H2,1-2H3. The van der Waals surface area contributed by atoms with Gasteiger partial charge in [0.25, 0.3) is 10.0 Å². The zero-order chi connectivity index (χ0) is 18.7. The van der Waals surface area contributed by atoms with E-state index in [0.29, 0.717) is 11.4 Å². The van der Waals surface area contributed by atoms with Crippen LogP contribution < -0.4 is 19.1 Å². The molecule has 0 atom stereocenters. The Bertz CT molecular complexity index is 896. The summed E-state index contributed by atoms with van der Waals surface area (Å²) >= 11 is 0. The summed E-state index contributed by atoms with van der Waals surface area (Å²) in [4.78, 5) is 2.00. The van der Waals surface area contributed by atoms with Crippen LogP contribution in [-0.4, -0.2) is 35.7 Å². The molecule has 0 amide bonds. The summed E-state index contributed by atoms with van der Waals surface area (Å²) in [6.07, 6.45) is 2.05. The van der Waals surface area contributed by atoms with Gasteiger partial charge in [0.15, 0.2) is 0 Å². The quantitative estimate of drug-likeness (QED) is 0.833. The third-order valence-electron chi connectivity index (χ3n) is 4.31. The van der Waals surface area contributed by atoms with Crippen LogP contribution in [0.3, 0.4) is 0 Å². The van der Waals surface area contributed by atoms with Gasteiger partial charge in [-0.05, 0) is 37.1 Å². The second-order valence-electron chi connectivity index (χ2n) is 5.98. The van der Waals surface area contributed by atoms with Crippen LogP contribution in [0.1, 0.15) is 12.8 Å². The first-order valence-corrected chi connectivity index (χ1v) is 9.72. The maximum absolute atomic E-state index is 13.8. The van der Waals surface area contributed by atoms with Gasteiger partial charge in [-0.25, -0.2) is 12.8 Å². The van der Waals surface area contributed by atoms with Crippen LogP contribution in [0.25, 0.3) is 0 Å². The fourth-order valence-corrected chi connectivity index (χ4v) is 4.24. The van der Waals surface area contributed by atoms with Crippen molar-refractivity contribution in [2.45, 2.75) is 17.7 Å². The molecule has 8 heteroatoms. The number of hydrogen-bond acceptors (Lipinski definition) is 5. The van der Waals surface area contributed by atoms with Gasteiger partial charge >= 0.3 is 0 Å². The highest BCUT2D eigenvalue weighted by Gasteiger charge is 2.24. The minimum absolute atomic E-state index is 0.0440. The van der Waals surface area contributed by atoms with Gasteiger partial charge in [0.05, 0.1) is 25.6 Å². The van der Waals surface area contributed by atoms with Gasteiger partial charge in [0.1, 0.15) is 22.2 Å². The van der Waals surface area contributed by atoms with E-state index in [4.69, 9.17) is 9.47 Å². The van der Waals surface area contributed by atoms with Crippen LogP contribution >= 0.6 is 0 Å². The first kappa shape index (κ1) is 18.3. The average molecular weight is 380 g/mol. The fraction of sp³-hybridized carbons (Fsp3) is 0.333. The minimum atomic E-state index is -3.97. The summed E-state index contributed by atoms with van der Waals surface area (Å²) in [5, 5.41) is 0. The van der Waals surface area contributed by atoms with E-state index in [9.17, 15) is 12.8 Å². The van der Waals surface area contributed by atoms with Crippen LogP contribution in [0.5, 0.6) is 11.5 Å². The predicted octanol–water partition coefficient (Wildman–Crippen LogP) is 3.24. The number of ether oxygens (including phenoxy) is 2. The number of rotatable bonds is 6. The molecule has 0 unspecified atom stereocenters. The molecule has 0 aromatic heterocycles. The molecule has 0 bridgehead atoms. The van der Waals surface area contributed by atoms with Crippen molar-refractivity contribution in [3.05, 3.63) is 42.2 Å². The maximum Gasteiger partial charge on any atom is 0.265 e. The lowest BCUT2D eigenvalue weighted by molar-refractivity contribution is 0.386. The van der Waals surface area contributed by atoms with Crippen molar-refractivity contribution >= 4 is 21.4 Å². The SMILES string of the molecule is COc1ccc(S(=O)(=O)Nc2cc(F)ccc2N2CCCC2)c(OC)c1. The number of nitrogens with zero attached hydrogens (tertiary/aromatic N) is 1. The summed E-state index contributed by atoms with van der Waals surface area (Å²) in [5.74, 6) is 0.118. The van der Waals surface area contributed by atoms with E-state index >= 15 is 0 Å². The topological polar surface area (TPSA) is 67.9 Å². The Labute approximate surface area is 152 Å². The van der Waals surface area contributed by atoms with E-state index < -0.39 is 15.8 Å². The van der Waals surface area contributed by atoms with Crippen LogP contribution in [0, 0.1) is 5.82 Å². The Hall–Kier alpha value is -2.48. The molecule has 2 aromatic carbocycles. The molecule has 0 radical (unpaired) electrons. The van der Waals surface area contributed by atoms with E-state index in [1.165, 1.54) is 44.6 Å². The molecule has 3 rings (SSSR count). The van der Waals surface area contributed by atoms with Gasteiger partial charge in [-0.3, -0.25) is 4.72 Å². The Morgan fingerprint density at radius 3 is 2.42 bits per heavy atom. The summed E-state index contributed by atoms with van der Waals surface area (Å²) in [6, 6.07) is 8.55. The largest absolute Gasteiger partial charge is 0.497 e. The second kappa shape index (κ2) is 7.41. The molecule has 26 heavy (non-hydrogen) atoms. The first-order valence-electron chi connectivity index (χ1n) is 8.24. The monoisotopic (exact) mass is 380 g/mol. The number of halogens is 1. The highest BCUT2D eigenvalue weighted by molar-refractivity contribution is 7.92. The van der Waals surface area contributed by atoms with Crippen LogP contribution in [-0.2, 0) is 10.0 Å². The zero-order valence-corrected chi connectivity index (χ0v) is 15.5. The molecule has 1 N–H and O–H groups in total. The Balaban J connectivity index is 1.99. The van der Waals surface area contributed by atoms with E-state index in [-0.39, 0.29) is 16.3 Å². The molecule has 1 aliphatic rings. The number of nitrogens with one attached hydrogen (secondary N) is 1. The summed E-state index contributed by atoms with van der Waals surface area (Å²) < 4.78 is 52.3. The van der Waals surface area contributed by atoms with Crippen molar-refractivity contribution in [3.63, 3.8) is 0 Å². The molecule has 1 fully saturated rings. The van der Waals surface area contributed by atoms with Gasteiger partial charge in [-0.15, -0.1) is 0 Å². The normalized spacial score (nSPS) is 14.3. The van der Waals surface area contributed by atoms with Crippen molar-refractivity contribution in [3.8, 4) is 11.5 Å². The summed E-state index contributed by atoms with van der Waals surface area (Å²) in [5.41, 5.74) is 0.879. The molecular weight excluding hydrogens is 359 g/mol. The number of anilines is 2. The predicted molar refractivity (Wildman–Crippen MR) is 98.2 cm³/mol. The molecular formula is C18H21FN2O4S. The Morgan fingerprint density at radius 2 is 1.77 bits per heavy atom. The van der Waals surface area contributed by atoms with Crippen LogP contribution in [0.2, 0.25) is 0 Å². The van der Waals surface area contributed by atoms with Gasteiger partial charge in [0, 0.05) is 25.2 Å². The minimum Gasteiger partial charge on any atom is -0.497 e. The molecule has 1 heterocycles. The molecule has 140 valence electrons. The molecule has 0 aliphatic carbocycles. The second-order valence-corrected chi connectivity index (χ2v) is 7.63. The van der Waals surface area contributed by atoms with E-state index in [1.54, 1.807) is 6.07 Å². The van der Waals surface area contributed by atoms with E-state index in [0.717, 1.165) is 25.9 Å². The van der Waals surface area contributed by atoms with Gasteiger partial charge in [-0.1, -0.05) is 0 Å². The third-order valence-corrected chi connectivity index (χ3v) is 5.71. The summed E-state index contributed by atoms with van der Waals surface area (Å²) in [6.45, 7) is 1.62. The molecule has 2 aromatic rings. The van der Waals surface area contributed by atoms with E-state index in [2.05, 4.69) is 4.72 Å².